The summed E-state index contributed by atoms with van der Waals surface area (Å²) in [4.78, 5) is 0. The summed E-state index contributed by atoms with van der Waals surface area (Å²) in [6, 6.07) is 0.0763. The van der Waals surface area contributed by atoms with Gasteiger partial charge in [-0.25, -0.2) is 4.39 Å². The maximum absolute atomic E-state index is 14.9. The molecule has 98 valence electrons. The third-order valence-corrected chi connectivity index (χ3v) is 2.87. The molecule has 0 fully saturated rings. The number of nitrogens with zero attached hydrogens (tertiary/aromatic N) is 2. The zero-order valence-electron chi connectivity index (χ0n) is 11.0. The third-order valence-electron chi connectivity index (χ3n) is 2.87. The zero-order chi connectivity index (χ0) is 13.1. The molecule has 1 unspecified atom stereocenters. The summed E-state index contributed by atoms with van der Waals surface area (Å²) < 4.78 is 21.7. The summed E-state index contributed by atoms with van der Waals surface area (Å²) >= 11 is 0. The summed E-state index contributed by atoms with van der Waals surface area (Å²) in [5.41, 5.74) is 4.49. The Morgan fingerprint density at radius 3 is 2.65 bits per heavy atom. The molecule has 1 atom stereocenters. The minimum absolute atomic E-state index is 0.0599. The van der Waals surface area contributed by atoms with E-state index in [1.54, 1.807) is 10.9 Å². The van der Waals surface area contributed by atoms with Gasteiger partial charge in [-0.05, 0) is 20.3 Å². The van der Waals surface area contributed by atoms with Gasteiger partial charge in [0.25, 0.3) is 0 Å². The number of ether oxygens (including phenoxy) is 1. The highest BCUT2D eigenvalue weighted by Crippen LogP contribution is 2.37. The first-order valence-electron chi connectivity index (χ1n) is 6.01. The van der Waals surface area contributed by atoms with Crippen molar-refractivity contribution in [2.75, 3.05) is 13.7 Å². The first kappa shape index (κ1) is 14.0. The fraction of sp³-hybridized carbons (Fsp3) is 0.750. The van der Waals surface area contributed by atoms with Crippen LogP contribution in [-0.2, 0) is 5.67 Å². The van der Waals surface area contributed by atoms with Crippen molar-refractivity contribution in [3.63, 3.8) is 0 Å². The predicted octanol–water partition coefficient (Wildman–Crippen LogP) is 2.40. The van der Waals surface area contributed by atoms with Crippen LogP contribution in [-0.4, -0.2) is 23.4 Å². The Kier molecular flexibility index (Phi) is 4.51. The van der Waals surface area contributed by atoms with E-state index in [2.05, 4.69) is 5.10 Å². The van der Waals surface area contributed by atoms with Gasteiger partial charge in [0.2, 0.25) is 0 Å². The standard InChI is InChI=1S/C12H22FN3O/c1-5-6-12(13,8-14)11-10(17-4)7-15-16(11)9(2)3/h7,9H,5-6,8,14H2,1-4H3. The lowest BCUT2D eigenvalue weighted by molar-refractivity contribution is 0.138. The van der Waals surface area contributed by atoms with E-state index in [1.807, 2.05) is 20.8 Å². The van der Waals surface area contributed by atoms with Crippen LogP contribution >= 0.6 is 0 Å². The number of halogens is 1. The molecule has 0 radical (unpaired) electrons. The second-order valence-corrected chi connectivity index (χ2v) is 4.52. The third kappa shape index (κ3) is 2.60. The molecule has 1 heterocycles. The Labute approximate surface area is 102 Å². The average molecular weight is 243 g/mol. The van der Waals surface area contributed by atoms with Crippen LogP contribution in [0.15, 0.2) is 6.20 Å². The molecule has 0 aliphatic rings. The average Bonchev–Trinajstić information content (AvgIpc) is 2.73. The Morgan fingerprint density at radius 2 is 2.24 bits per heavy atom. The highest BCUT2D eigenvalue weighted by atomic mass is 19.1. The van der Waals surface area contributed by atoms with Crippen LogP contribution in [0.5, 0.6) is 5.75 Å². The monoisotopic (exact) mass is 243 g/mol. The lowest BCUT2D eigenvalue weighted by atomic mass is 9.95. The summed E-state index contributed by atoms with van der Waals surface area (Å²) in [6.45, 7) is 5.79. The Morgan fingerprint density at radius 1 is 1.59 bits per heavy atom. The van der Waals surface area contributed by atoms with Gasteiger partial charge in [-0.2, -0.15) is 5.10 Å². The Bertz CT molecular complexity index is 365. The summed E-state index contributed by atoms with van der Waals surface area (Å²) in [7, 11) is 1.52. The van der Waals surface area contributed by atoms with Crippen molar-refractivity contribution in [3.8, 4) is 5.75 Å². The molecule has 2 N–H and O–H groups in total. The van der Waals surface area contributed by atoms with Gasteiger partial charge in [-0.15, -0.1) is 0 Å². The molecule has 1 aromatic heterocycles. The van der Waals surface area contributed by atoms with Crippen molar-refractivity contribution in [1.82, 2.24) is 9.78 Å². The predicted molar refractivity (Wildman–Crippen MR) is 65.9 cm³/mol. The van der Waals surface area contributed by atoms with Crippen molar-refractivity contribution in [1.29, 1.82) is 0 Å². The maximum atomic E-state index is 14.9. The Balaban J connectivity index is 3.28. The maximum Gasteiger partial charge on any atom is 0.168 e. The van der Waals surface area contributed by atoms with Crippen LogP contribution in [0.4, 0.5) is 4.39 Å². The first-order chi connectivity index (χ1) is 8.00. The van der Waals surface area contributed by atoms with Gasteiger partial charge in [-0.3, -0.25) is 4.68 Å². The SMILES string of the molecule is CCCC(F)(CN)c1c(OC)cnn1C(C)C. The van der Waals surface area contributed by atoms with E-state index in [1.165, 1.54) is 7.11 Å². The van der Waals surface area contributed by atoms with Gasteiger partial charge in [-0.1, -0.05) is 13.3 Å². The van der Waals surface area contributed by atoms with E-state index in [0.717, 1.165) is 6.42 Å². The molecule has 0 spiro atoms. The molecule has 0 amide bonds. The van der Waals surface area contributed by atoms with Crippen LogP contribution in [0.25, 0.3) is 0 Å². The van der Waals surface area contributed by atoms with Gasteiger partial charge in [0, 0.05) is 12.6 Å². The number of rotatable bonds is 6. The first-order valence-corrected chi connectivity index (χ1v) is 6.01. The van der Waals surface area contributed by atoms with Crippen LogP contribution in [0, 0.1) is 0 Å². The van der Waals surface area contributed by atoms with Crippen molar-refractivity contribution in [3.05, 3.63) is 11.9 Å². The highest BCUT2D eigenvalue weighted by molar-refractivity contribution is 5.31. The lowest BCUT2D eigenvalue weighted by Gasteiger charge is -2.26. The van der Waals surface area contributed by atoms with Crippen LogP contribution < -0.4 is 10.5 Å². The highest BCUT2D eigenvalue weighted by Gasteiger charge is 2.37. The van der Waals surface area contributed by atoms with Gasteiger partial charge in [0.05, 0.1) is 13.3 Å². The molecule has 4 nitrogen and oxygen atoms in total. The fourth-order valence-corrected chi connectivity index (χ4v) is 2.03. The van der Waals surface area contributed by atoms with Gasteiger partial charge in [0.15, 0.2) is 11.4 Å². The molecule has 0 aromatic carbocycles. The topological polar surface area (TPSA) is 53.1 Å². The molecule has 0 aliphatic heterocycles. The van der Waals surface area contributed by atoms with Crippen LogP contribution in [0.2, 0.25) is 0 Å². The van der Waals surface area contributed by atoms with Crippen molar-refractivity contribution in [2.45, 2.75) is 45.3 Å². The van der Waals surface area contributed by atoms with Crippen molar-refractivity contribution < 1.29 is 9.13 Å². The molecule has 0 saturated carbocycles. The van der Waals surface area contributed by atoms with E-state index in [0.29, 0.717) is 17.9 Å². The van der Waals surface area contributed by atoms with Crippen molar-refractivity contribution >= 4 is 0 Å². The molecule has 17 heavy (non-hydrogen) atoms. The second kappa shape index (κ2) is 5.49. The van der Waals surface area contributed by atoms with Gasteiger partial charge < -0.3 is 10.5 Å². The van der Waals surface area contributed by atoms with Gasteiger partial charge in [0.1, 0.15) is 5.69 Å². The van der Waals surface area contributed by atoms with E-state index in [-0.39, 0.29) is 12.6 Å². The normalized spacial score (nSPS) is 15.0. The molecular formula is C12H22FN3O. The minimum Gasteiger partial charge on any atom is -0.493 e. The van der Waals surface area contributed by atoms with E-state index < -0.39 is 5.67 Å². The number of hydrogen-bond donors (Lipinski definition) is 1. The molecule has 1 rings (SSSR count). The summed E-state index contributed by atoms with van der Waals surface area (Å²) in [5.74, 6) is 0.472. The largest absolute Gasteiger partial charge is 0.493 e. The zero-order valence-corrected chi connectivity index (χ0v) is 11.0. The molecule has 0 saturated heterocycles. The Hall–Kier alpha value is -1.10. The second-order valence-electron chi connectivity index (χ2n) is 4.52. The fourth-order valence-electron chi connectivity index (χ4n) is 2.03. The molecule has 5 heteroatoms. The van der Waals surface area contributed by atoms with Crippen LogP contribution in [0.3, 0.4) is 0 Å². The quantitative estimate of drug-likeness (QED) is 0.834. The van der Waals surface area contributed by atoms with Gasteiger partial charge >= 0.3 is 0 Å². The number of alkyl halides is 1. The molecular weight excluding hydrogens is 221 g/mol. The van der Waals surface area contributed by atoms with Crippen molar-refractivity contribution in [2.24, 2.45) is 5.73 Å². The van der Waals surface area contributed by atoms with Crippen LogP contribution in [0.1, 0.15) is 45.3 Å². The summed E-state index contributed by atoms with van der Waals surface area (Å²) in [6.07, 6.45) is 2.65. The van der Waals surface area contributed by atoms with E-state index in [4.69, 9.17) is 10.5 Å². The molecule has 0 bridgehead atoms. The lowest BCUT2D eigenvalue weighted by Crippen LogP contribution is -2.33. The summed E-state index contributed by atoms with van der Waals surface area (Å²) in [5, 5.41) is 4.18. The minimum atomic E-state index is -1.57. The van der Waals surface area contributed by atoms with E-state index >= 15 is 0 Å². The smallest absolute Gasteiger partial charge is 0.168 e. The van der Waals surface area contributed by atoms with E-state index in [9.17, 15) is 4.39 Å². The number of aromatic nitrogens is 2. The molecule has 1 aromatic rings. The number of hydrogen-bond acceptors (Lipinski definition) is 3. The molecule has 0 aliphatic carbocycles. The number of methoxy groups -OCH3 is 1. The number of nitrogens with two attached hydrogens (primary N) is 1.